The van der Waals surface area contributed by atoms with Crippen LogP contribution in [-0.4, -0.2) is 26.6 Å². The van der Waals surface area contributed by atoms with Crippen LogP contribution in [0.2, 0.25) is 0 Å². The molecule has 0 aliphatic heterocycles. The standard InChI is InChI=1S/C21H17F5N4O3S/c1-10-7-8-14(22)17(16(10)23)33-20-15(11(2)18(29-30-20)21(24,25)26)19(31)28-12-5-4-6-13(9-12)34(3,27)32/h4-9,27H,1-3H3,(H,28,31). The smallest absolute Gasteiger partial charge is 0.431 e. The molecule has 0 saturated heterocycles. The summed E-state index contributed by atoms with van der Waals surface area (Å²) in [6.07, 6.45) is -3.83. The van der Waals surface area contributed by atoms with Crippen LogP contribution in [0.5, 0.6) is 11.6 Å². The van der Waals surface area contributed by atoms with E-state index in [0.29, 0.717) is 0 Å². The molecule has 0 aliphatic rings. The van der Waals surface area contributed by atoms with Crippen LogP contribution in [0.4, 0.5) is 27.6 Å². The molecule has 0 radical (unpaired) electrons. The average Bonchev–Trinajstić information content (AvgIpc) is 2.72. The van der Waals surface area contributed by atoms with Gasteiger partial charge in [0.15, 0.2) is 17.3 Å². The van der Waals surface area contributed by atoms with E-state index >= 15 is 0 Å². The molecule has 1 amide bonds. The molecule has 0 bridgehead atoms. The van der Waals surface area contributed by atoms with E-state index in [1.54, 1.807) is 0 Å². The highest BCUT2D eigenvalue weighted by atomic mass is 32.2. The third-order valence-electron chi connectivity index (χ3n) is 4.66. The number of benzene rings is 2. The Morgan fingerprint density at radius 2 is 1.79 bits per heavy atom. The largest absolute Gasteiger partial charge is 0.435 e. The molecule has 0 spiro atoms. The van der Waals surface area contributed by atoms with Gasteiger partial charge >= 0.3 is 6.18 Å². The lowest BCUT2D eigenvalue weighted by Crippen LogP contribution is -2.21. The number of hydrogen-bond donors (Lipinski definition) is 2. The summed E-state index contributed by atoms with van der Waals surface area (Å²) < 4.78 is 93.5. The number of aromatic nitrogens is 2. The van der Waals surface area contributed by atoms with Gasteiger partial charge in [0, 0.05) is 16.8 Å². The summed E-state index contributed by atoms with van der Waals surface area (Å²) in [5.41, 5.74) is -2.97. The van der Waals surface area contributed by atoms with Crippen molar-refractivity contribution in [2.75, 3.05) is 11.6 Å². The first kappa shape index (κ1) is 25.0. The third kappa shape index (κ3) is 5.14. The zero-order valence-corrected chi connectivity index (χ0v) is 18.7. The number of carbonyl (C=O) groups excluding carboxylic acids is 1. The zero-order chi connectivity index (χ0) is 25.4. The summed E-state index contributed by atoms with van der Waals surface area (Å²) in [6, 6.07) is 7.33. The van der Waals surface area contributed by atoms with Gasteiger partial charge in [-0.2, -0.15) is 13.2 Å². The second kappa shape index (κ2) is 8.97. The van der Waals surface area contributed by atoms with Crippen LogP contribution in [0.3, 0.4) is 0 Å². The van der Waals surface area contributed by atoms with E-state index in [9.17, 15) is 31.0 Å². The van der Waals surface area contributed by atoms with Crippen LogP contribution in [0.25, 0.3) is 0 Å². The Kier molecular flexibility index (Phi) is 6.60. The first-order chi connectivity index (χ1) is 15.7. The van der Waals surface area contributed by atoms with Gasteiger partial charge in [0.2, 0.25) is 5.75 Å². The van der Waals surface area contributed by atoms with Gasteiger partial charge in [-0.15, -0.1) is 10.2 Å². The second-order valence-corrected chi connectivity index (χ2v) is 9.45. The molecule has 2 N–H and O–H groups in total. The Bertz CT molecular complexity index is 1390. The maximum atomic E-state index is 14.4. The summed E-state index contributed by atoms with van der Waals surface area (Å²) in [7, 11) is -3.15. The summed E-state index contributed by atoms with van der Waals surface area (Å²) in [5, 5.41) is 8.61. The van der Waals surface area contributed by atoms with Crippen LogP contribution in [0, 0.1) is 30.3 Å². The SMILES string of the molecule is Cc1ccc(F)c(Oc2nnc(C(F)(F)F)c(C)c2C(=O)Nc2cccc(S(C)(=N)=O)c2)c1F. The number of amides is 1. The Balaban J connectivity index is 2.13. The van der Waals surface area contributed by atoms with Crippen molar-refractivity contribution >= 4 is 21.3 Å². The first-order valence-electron chi connectivity index (χ1n) is 9.42. The molecular weight excluding hydrogens is 483 g/mol. The van der Waals surface area contributed by atoms with Crippen LogP contribution < -0.4 is 10.1 Å². The number of anilines is 1. The molecule has 3 rings (SSSR count). The second-order valence-electron chi connectivity index (χ2n) is 7.29. The lowest BCUT2D eigenvalue weighted by molar-refractivity contribution is -0.142. The summed E-state index contributed by atoms with van der Waals surface area (Å²) in [5.74, 6) is -5.29. The van der Waals surface area contributed by atoms with Crippen molar-refractivity contribution in [2.45, 2.75) is 24.9 Å². The molecule has 3 aromatic rings. The number of halogens is 5. The third-order valence-corrected chi connectivity index (χ3v) is 5.82. The van der Waals surface area contributed by atoms with Crippen molar-refractivity contribution in [3.05, 3.63) is 70.4 Å². The fourth-order valence-electron chi connectivity index (χ4n) is 2.94. The van der Waals surface area contributed by atoms with Gasteiger partial charge in [-0.3, -0.25) is 4.79 Å². The van der Waals surface area contributed by atoms with Crippen LogP contribution in [-0.2, 0) is 15.9 Å². The maximum absolute atomic E-state index is 14.4. The Morgan fingerprint density at radius 1 is 1.12 bits per heavy atom. The highest BCUT2D eigenvalue weighted by Gasteiger charge is 2.38. The maximum Gasteiger partial charge on any atom is 0.435 e. The average molecular weight is 500 g/mol. The fraction of sp³-hybridized carbons (Fsp3) is 0.190. The number of hydrogen-bond acceptors (Lipinski definition) is 6. The molecule has 7 nitrogen and oxygen atoms in total. The van der Waals surface area contributed by atoms with Crippen molar-refractivity contribution in [1.29, 1.82) is 4.78 Å². The minimum Gasteiger partial charge on any atom is -0.431 e. The molecule has 34 heavy (non-hydrogen) atoms. The zero-order valence-electron chi connectivity index (χ0n) is 17.9. The molecule has 1 aromatic heterocycles. The number of rotatable bonds is 5. The first-order valence-corrected chi connectivity index (χ1v) is 11.4. The predicted molar refractivity (Wildman–Crippen MR) is 112 cm³/mol. The van der Waals surface area contributed by atoms with Gasteiger partial charge in [-0.1, -0.05) is 12.1 Å². The minimum atomic E-state index is -4.98. The molecular formula is C21H17F5N4O3S. The van der Waals surface area contributed by atoms with Gasteiger partial charge < -0.3 is 10.1 Å². The highest BCUT2D eigenvalue weighted by molar-refractivity contribution is 7.91. The van der Waals surface area contributed by atoms with E-state index in [1.165, 1.54) is 31.2 Å². The van der Waals surface area contributed by atoms with Crippen molar-refractivity contribution in [3.63, 3.8) is 0 Å². The summed E-state index contributed by atoms with van der Waals surface area (Å²) in [6.45, 7) is 2.24. The van der Waals surface area contributed by atoms with Crippen molar-refractivity contribution in [1.82, 2.24) is 10.2 Å². The van der Waals surface area contributed by atoms with Crippen LogP contribution in [0.15, 0.2) is 41.3 Å². The predicted octanol–water partition coefficient (Wildman–Crippen LogP) is 5.47. The molecule has 2 aromatic carbocycles. The Morgan fingerprint density at radius 3 is 2.41 bits per heavy atom. The number of nitrogens with one attached hydrogen (secondary N) is 2. The lowest BCUT2D eigenvalue weighted by atomic mass is 10.1. The van der Waals surface area contributed by atoms with Gasteiger partial charge in [0.25, 0.3) is 11.8 Å². The topological polar surface area (TPSA) is 105 Å². The summed E-state index contributed by atoms with van der Waals surface area (Å²) >= 11 is 0. The number of alkyl halides is 3. The monoisotopic (exact) mass is 500 g/mol. The van der Waals surface area contributed by atoms with E-state index in [-0.39, 0.29) is 16.1 Å². The molecule has 1 heterocycles. The number of ether oxygens (including phenoxy) is 1. The van der Waals surface area contributed by atoms with Crippen molar-refractivity contribution in [3.8, 4) is 11.6 Å². The van der Waals surface area contributed by atoms with Gasteiger partial charge in [0.05, 0.1) is 9.73 Å². The minimum absolute atomic E-state index is 0.00737. The van der Waals surface area contributed by atoms with Crippen molar-refractivity contribution in [2.24, 2.45) is 0 Å². The number of aryl methyl sites for hydroxylation is 1. The van der Waals surface area contributed by atoms with E-state index in [4.69, 9.17) is 9.52 Å². The number of carbonyl (C=O) groups is 1. The Hall–Kier alpha value is -3.61. The normalized spacial score (nSPS) is 13.3. The van der Waals surface area contributed by atoms with Gasteiger partial charge in [-0.05, 0) is 49.2 Å². The number of nitrogens with zero attached hydrogens (tertiary/aromatic N) is 2. The molecule has 1 atom stereocenters. The summed E-state index contributed by atoms with van der Waals surface area (Å²) in [4.78, 5) is 13.1. The highest BCUT2D eigenvalue weighted by Crippen LogP contribution is 2.36. The quantitative estimate of drug-likeness (QED) is 0.452. The molecule has 0 fully saturated rings. The van der Waals surface area contributed by atoms with E-state index in [1.807, 2.05) is 0 Å². The van der Waals surface area contributed by atoms with E-state index in [2.05, 4.69) is 15.5 Å². The Labute approximate surface area is 190 Å². The molecule has 1 unspecified atom stereocenters. The molecule has 0 aliphatic carbocycles. The van der Waals surface area contributed by atoms with Crippen LogP contribution in [0.1, 0.15) is 27.2 Å². The van der Waals surface area contributed by atoms with Gasteiger partial charge in [-0.25, -0.2) is 17.8 Å². The van der Waals surface area contributed by atoms with Crippen molar-refractivity contribution < 1.29 is 35.7 Å². The molecule has 13 heteroatoms. The molecule has 180 valence electrons. The fourth-order valence-corrected chi connectivity index (χ4v) is 3.63. The van der Waals surface area contributed by atoms with Crippen LogP contribution >= 0.6 is 0 Å². The van der Waals surface area contributed by atoms with Gasteiger partial charge in [0.1, 0.15) is 5.56 Å². The van der Waals surface area contributed by atoms with E-state index in [0.717, 1.165) is 25.3 Å². The lowest BCUT2D eigenvalue weighted by Gasteiger charge is -2.17. The molecule has 0 saturated carbocycles. The van der Waals surface area contributed by atoms with E-state index < -0.39 is 61.9 Å².